The lowest BCUT2D eigenvalue weighted by atomic mass is 10.1. The number of nitrogens with two attached hydrogens (primary N) is 1. The first-order valence-electron chi connectivity index (χ1n) is 10.8. The topological polar surface area (TPSA) is 132 Å². The van der Waals surface area contributed by atoms with Crippen molar-refractivity contribution in [2.24, 2.45) is 5.73 Å². The third-order valence-electron chi connectivity index (χ3n) is 5.62. The van der Waals surface area contributed by atoms with E-state index in [1.807, 2.05) is 37.2 Å². The number of nitrogens with one attached hydrogen (secondary N) is 3. The Morgan fingerprint density at radius 1 is 1.23 bits per heavy atom. The van der Waals surface area contributed by atoms with Crippen LogP contribution >= 0.6 is 22.9 Å². The van der Waals surface area contributed by atoms with Crippen LogP contribution in [0.5, 0.6) is 0 Å². The fourth-order valence-electron chi connectivity index (χ4n) is 4.06. The van der Waals surface area contributed by atoms with Gasteiger partial charge in [0.05, 0.1) is 28.3 Å². The first kappa shape index (κ1) is 23.1. The number of H-pyrrole nitrogens is 1. The maximum absolute atomic E-state index is 12.7. The van der Waals surface area contributed by atoms with E-state index in [1.54, 1.807) is 22.5 Å². The van der Waals surface area contributed by atoms with Crippen molar-refractivity contribution in [3.05, 3.63) is 51.3 Å². The van der Waals surface area contributed by atoms with E-state index in [1.165, 1.54) is 11.3 Å². The van der Waals surface area contributed by atoms with Gasteiger partial charge in [-0.25, -0.2) is 0 Å². The number of thiophene rings is 1. The van der Waals surface area contributed by atoms with Gasteiger partial charge in [-0.05, 0) is 55.7 Å². The van der Waals surface area contributed by atoms with Crippen LogP contribution in [0.25, 0.3) is 11.0 Å². The predicted octanol–water partition coefficient (Wildman–Crippen LogP) is 3.71. The lowest BCUT2D eigenvalue weighted by Gasteiger charge is -2.20. The van der Waals surface area contributed by atoms with E-state index in [-0.39, 0.29) is 5.91 Å². The van der Waals surface area contributed by atoms with Crippen molar-refractivity contribution in [3.8, 4) is 0 Å². The van der Waals surface area contributed by atoms with E-state index < -0.39 is 5.91 Å². The van der Waals surface area contributed by atoms with Gasteiger partial charge in [0, 0.05) is 18.4 Å². The first-order chi connectivity index (χ1) is 16.8. The molecule has 0 bridgehead atoms. The average Bonchev–Trinajstić information content (AvgIpc) is 3.53. The second-order valence-corrected chi connectivity index (χ2v) is 9.73. The van der Waals surface area contributed by atoms with Gasteiger partial charge in [0.1, 0.15) is 16.3 Å². The van der Waals surface area contributed by atoms with E-state index in [4.69, 9.17) is 17.3 Å². The summed E-state index contributed by atoms with van der Waals surface area (Å²) < 4.78 is 0. The van der Waals surface area contributed by atoms with Crippen LogP contribution < -0.4 is 21.3 Å². The van der Waals surface area contributed by atoms with Crippen LogP contribution in [0.3, 0.4) is 0 Å². The summed E-state index contributed by atoms with van der Waals surface area (Å²) in [6.45, 7) is 0.936. The summed E-state index contributed by atoms with van der Waals surface area (Å²) in [6.07, 6.45) is 2.50. The Balaban J connectivity index is 1.48. The highest BCUT2D eigenvalue weighted by Crippen LogP contribution is 2.37. The highest BCUT2D eigenvalue weighted by molar-refractivity contribution is 7.12. The number of halogens is 1. The Kier molecular flexibility index (Phi) is 6.05. The zero-order chi connectivity index (χ0) is 24.7. The molecule has 12 heteroatoms. The molecule has 1 aliphatic heterocycles. The number of hydrogen-bond acceptors (Lipinski definition) is 8. The molecule has 0 spiro atoms. The molecule has 0 radical (unpaired) electrons. The van der Waals surface area contributed by atoms with E-state index in [0.717, 1.165) is 23.1 Å². The number of fused-ring (bicyclic) bond motifs is 2. The Morgan fingerprint density at radius 2 is 2.06 bits per heavy atom. The van der Waals surface area contributed by atoms with E-state index in [2.05, 4.69) is 25.6 Å². The summed E-state index contributed by atoms with van der Waals surface area (Å²) in [5, 5.41) is 9.42. The van der Waals surface area contributed by atoms with Gasteiger partial charge in [-0.1, -0.05) is 11.6 Å². The van der Waals surface area contributed by atoms with Crippen molar-refractivity contribution in [3.63, 3.8) is 0 Å². The van der Waals surface area contributed by atoms with Gasteiger partial charge in [-0.3, -0.25) is 9.59 Å². The van der Waals surface area contributed by atoms with E-state index >= 15 is 0 Å². The summed E-state index contributed by atoms with van der Waals surface area (Å²) in [5.74, 6) is 0.307. The van der Waals surface area contributed by atoms with Gasteiger partial charge in [0.25, 0.3) is 5.91 Å². The van der Waals surface area contributed by atoms with Gasteiger partial charge >= 0.3 is 0 Å². The molecule has 1 aromatic carbocycles. The standard InChI is InChI=1S/C23H23ClN8O2S/c1-31(2)11-18(33)32-7-4-12-9-14(24)16(10-17(12)32)28-23-29-21-13(3-6-26-21)22(30-23)27-15-5-8-35-19(15)20(25)34/h3,5-6,8-10H,4,7,11H2,1-2H3,(H2,25,34)(H3,26,27,28,29,30). The Bertz CT molecular complexity index is 1450. The number of likely N-dealkylation sites (N-methyl/N-ethyl adjacent to an activating group) is 1. The molecule has 180 valence electrons. The molecule has 3 aromatic heterocycles. The van der Waals surface area contributed by atoms with Gasteiger partial charge in [0.2, 0.25) is 11.9 Å². The van der Waals surface area contributed by atoms with Gasteiger partial charge in [0.15, 0.2) is 0 Å². The summed E-state index contributed by atoms with van der Waals surface area (Å²) in [4.78, 5) is 40.8. The summed E-state index contributed by atoms with van der Waals surface area (Å²) >= 11 is 7.83. The molecule has 2 amide bonds. The molecule has 0 unspecified atom stereocenters. The van der Waals surface area contributed by atoms with Crippen molar-refractivity contribution in [1.82, 2.24) is 19.9 Å². The molecule has 35 heavy (non-hydrogen) atoms. The summed E-state index contributed by atoms with van der Waals surface area (Å²) in [7, 11) is 3.73. The van der Waals surface area contributed by atoms with Crippen molar-refractivity contribution in [1.29, 1.82) is 0 Å². The van der Waals surface area contributed by atoms with Crippen LogP contribution in [-0.4, -0.2) is 58.9 Å². The number of rotatable bonds is 7. The zero-order valence-electron chi connectivity index (χ0n) is 19.1. The molecular weight excluding hydrogens is 488 g/mol. The van der Waals surface area contributed by atoms with E-state index in [9.17, 15) is 9.59 Å². The molecule has 10 nitrogen and oxygen atoms in total. The van der Waals surface area contributed by atoms with Gasteiger partial charge in [-0.2, -0.15) is 9.97 Å². The maximum atomic E-state index is 12.7. The van der Waals surface area contributed by atoms with Gasteiger partial charge < -0.3 is 31.2 Å². The lowest BCUT2D eigenvalue weighted by Crippen LogP contribution is -2.36. The van der Waals surface area contributed by atoms with Crippen LogP contribution in [-0.2, 0) is 11.2 Å². The fraction of sp³-hybridized carbons (Fsp3) is 0.217. The van der Waals surface area contributed by atoms with Crippen molar-refractivity contribution >= 4 is 74.6 Å². The molecule has 0 aliphatic carbocycles. The molecular formula is C23H23ClN8O2S. The Morgan fingerprint density at radius 3 is 2.83 bits per heavy atom. The molecule has 5 rings (SSSR count). The Labute approximate surface area is 210 Å². The quantitative estimate of drug-likeness (QED) is 0.298. The monoisotopic (exact) mass is 510 g/mol. The molecule has 0 saturated heterocycles. The third kappa shape index (κ3) is 4.53. The number of aromatic amines is 1. The smallest absolute Gasteiger partial charge is 0.260 e. The normalized spacial score (nSPS) is 12.9. The largest absolute Gasteiger partial charge is 0.365 e. The molecule has 0 saturated carbocycles. The first-order valence-corrected chi connectivity index (χ1v) is 12.1. The van der Waals surface area contributed by atoms with Crippen molar-refractivity contribution in [2.45, 2.75) is 6.42 Å². The second-order valence-electron chi connectivity index (χ2n) is 8.41. The highest BCUT2D eigenvalue weighted by atomic mass is 35.5. The minimum atomic E-state index is -0.515. The number of primary amides is 1. The molecule has 0 fully saturated rings. The number of carbonyl (C=O) groups excluding carboxylic acids is 2. The minimum Gasteiger partial charge on any atom is -0.365 e. The van der Waals surface area contributed by atoms with Crippen molar-refractivity contribution in [2.75, 3.05) is 42.7 Å². The van der Waals surface area contributed by atoms with Crippen molar-refractivity contribution < 1.29 is 9.59 Å². The fourth-order valence-corrected chi connectivity index (χ4v) is 4.99. The van der Waals surface area contributed by atoms with Crippen LogP contribution in [0.4, 0.5) is 28.8 Å². The average molecular weight is 511 g/mol. The maximum Gasteiger partial charge on any atom is 0.260 e. The number of hydrogen-bond donors (Lipinski definition) is 4. The molecule has 1 aliphatic rings. The molecule has 5 N–H and O–H groups in total. The summed E-state index contributed by atoms with van der Waals surface area (Å²) in [6, 6.07) is 7.35. The molecule has 4 aromatic rings. The number of carbonyl (C=O) groups is 2. The van der Waals surface area contributed by atoms with Crippen LogP contribution in [0.1, 0.15) is 15.2 Å². The number of aromatic nitrogens is 3. The third-order valence-corrected chi connectivity index (χ3v) is 6.86. The molecule has 0 atom stereocenters. The number of anilines is 5. The van der Waals surface area contributed by atoms with Gasteiger partial charge in [-0.15, -0.1) is 11.3 Å². The lowest BCUT2D eigenvalue weighted by molar-refractivity contribution is -0.119. The van der Waals surface area contributed by atoms with E-state index in [0.29, 0.717) is 51.8 Å². The minimum absolute atomic E-state index is 0.0265. The zero-order valence-corrected chi connectivity index (χ0v) is 20.6. The SMILES string of the molecule is CN(C)CC(=O)N1CCc2cc(Cl)c(Nc3nc(Nc4ccsc4C(N)=O)c4cc[nH]c4n3)cc21. The number of benzene rings is 1. The number of nitrogens with zero attached hydrogens (tertiary/aromatic N) is 4. The Hall–Kier alpha value is -3.67. The van der Waals surface area contributed by atoms with Crippen LogP contribution in [0.2, 0.25) is 5.02 Å². The number of amides is 2. The summed E-state index contributed by atoms with van der Waals surface area (Å²) in [5.41, 5.74) is 9.09. The predicted molar refractivity (Wildman–Crippen MR) is 139 cm³/mol. The molecule has 4 heterocycles. The van der Waals surface area contributed by atoms with Crippen LogP contribution in [0, 0.1) is 0 Å². The highest BCUT2D eigenvalue weighted by Gasteiger charge is 2.26. The van der Waals surface area contributed by atoms with Crippen LogP contribution in [0.15, 0.2) is 35.8 Å². The second kappa shape index (κ2) is 9.17.